The summed E-state index contributed by atoms with van der Waals surface area (Å²) in [5.74, 6) is 1.30. The predicted octanol–water partition coefficient (Wildman–Crippen LogP) is 0.847. The van der Waals surface area contributed by atoms with Gasteiger partial charge in [0.2, 0.25) is 5.89 Å². The first-order valence-corrected chi connectivity index (χ1v) is 5.84. The van der Waals surface area contributed by atoms with Crippen LogP contribution in [0.2, 0.25) is 0 Å². The summed E-state index contributed by atoms with van der Waals surface area (Å²) in [6, 6.07) is 0. The molecule has 17 heavy (non-hydrogen) atoms. The van der Waals surface area contributed by atoms with Crippen molar-refractivity contribution in [1.29, 1.82) is 0 Å². The van der Waals surface area contributed by atoms with Gasteiger partial charge < -0.3 is 14.8 Å². The molecule has 2 aromatic heterocycles. The van der Waals surface area contributed by atoms with E-state index >= 15 is 0 Å². The van der Waals surface area contributed by atoms with E-state index < -0.39 is 0 Å². The van der Waals surface area contributed by atoms with E-state index in [9.17, 15) is 0 Å². The molecule has 1 fully saturated rings. The van der Waals surface area contributed by atoms with Crippen molar-refractivity contribution < 1.29 is 4.52 Å². The van der Waals surface area contributed by atoms with E-state index in [4.69, 9.17) is 10.3 Å². The smallest absolute Gasteiger partial charge is 0.228 e. The minimum absolute atomic E-state index is 0.337. The predicted molar refractivity (Wildman–Crippen MR) is 59.9 cm³/mol. The van der Waals surface area contributed by atoms with Crippen molar-refractivity contribution in [3.05, 3.63) is 30.4 Å². The summed E-state index contributed by atoms with van der Waals surface area (Å²) in [5.41, 5.74) is 5.79. The van der Waals surface area contributed by atoms with E-state index in [1.54, 1.807) is 12.5 Å². The first kappa shape index (κ1) is 10.5. The van der Waals surface area contributed by atoms with E-state index in [-0.39, 0.29) is 5.54 Å². The summed E-state index contributed by atoms with van der Waals surface area (Å²) >= 11 is 0. The van der Waals surface area contributed by atoms with Gasteiger partial charge in [-0.25, -0.2) is 4.98 Å². The Bertz CT molecular complexity index is 486. The molecule has 2 heterocycles. The Morgan fingerprint density at radius 1 is 1.47 bits per heavy atom. The van der Waals surface area contributed by atoms with Gasteiger partial charge in [-0.15, -0.1) is 0 Å². The zero-order valence-electron chi connectivity index (χ0n) is 9.54. The Morgan fingerprint density at radius 2 is 2.35 bits per heavy atom. The number of aryl methyl sites for hydroxylation is 2. The summed E-state index contributed by atoms with van der Waals surface area (Å²) in [5, 5.41) is 3.97. The molecule has 2 aromatic rings. The van der Waals surface area contributed by atoms with Crippen LogP contribution >= 0.6 is 0 Å². The summed E-state index contributed by atoms with van der Waals surface area (Å²) in [4.78, 5) is 8.34. The molecule has 0 unspecified atom stereocenters. The third kappa shape index (κ3) is 1.95. The lowest BCUT2D eigenvalue weighted by molar-refractivity contribution is 0.229. The summed E-state index contributed by atoms with van der Waals surface area (Å²) in [7, 11) is 0. The SMILES string of the molecule is NC1(c2noc(CCn3ccnc3)n2)CCC1. The molecule has 6 nitrogen and oxygen atoms in total. The van der Waals surface area contributed by atoms with E-state index in [1.807, 2.05) is 10.8 Å². The topological polar surface area (TPSA) is 82.8 Å². The maximum atomic E-state index is 6.13. The van der Waals surface area contributed by atoms with Gasteiger partial charge in [-0.05, 0) is 19.3 Å². The molecule has 0 amide bonds. The summed E-state index contributed by atoms with van der Waals surface area (Å²) < 4.78 is 7.19. The number of imidazole rings is 1. The highest BCUT2D eigenvalue weighted by molar-refractivity contribution is 5.08. The van der Waals surface area contributed by atoms with Gasteiger partial charge in [0.1, 0.15) is 0 Å². The molecular weight excluding hydrogens is 218 g/mol. The van der Waals surface area contributed by atoms with Crippen molar-refractivity contribution in [2.24, 2.45) is 5.73 Å². The lowest BCUT2D eigenvalue weighted by Gasteiger charge is -2.34. The number of aromatic nitrogens is 4. The van der Waals surface area contributed by atoms with Crippen LogP contribution in [-0.4, -0.2) is 19.7 Å². The highest BCUT2D eigenvalue weighted by Crippen LogP contribution is 2.36. The van der Waals surface area contributed by atoms with E-state index in [0.29, 0.717) is 18.1 Å². The Labute approximate surface area is 98.8 Å². The molecule has 1 aliphatic rings. The number of hydrogen-bond acceptors (Lipinski definition) is 5. The van der Waals surface area contributed by atoms with Crippen LogP contribution in [0, 0.1) is 0 Å². The summed E-state index contributed by atoms with van der Waals surface area (Å²) in [6.45, 7) is 0.791. The normalized spacial score (nSPS) is 17.9. The van der Waals surface area contributed by atoms with Crippen molar-refractivity contribution in [2.45, 2.75) is 37.8 Å². The highest BCUT2D eigenvalue weighted by Gasteiger charge is 2.38. The maximum Gasteiger partial charge on any atom is 0.228 e. The number of hydrogen-bond donors (Lipinski definition) is 1. The second-order valence-electron chi connectivity index (χ2n) is 4.57. The van der Waals surface area contributed by atoms with E-state index in [2.05, 4.69) is 15.1 Å². The number of nitrogens with two attached hydrogens (primary N) is 1. The van der Waals surface area contributed by atoms with E-state index in [0.717, 1.165) is 25.8 Å². The Hall–Kier alpha value is -1.69. The van der Waals surface area contributed by atoms with E-state index in [1.165, 1.54) is 0 Å². The summed E-state index contributed by atoms with van der Waals surface area (Å²) in [6.07, 6.45) is 9.19. The van der Waals surface area contributed by atoms with Gasteiger partial charge >= 0.3 is 0 Å². The van der Waals surface area contributed by atoms with Gasteiger partial charge in [-0.1, -0.05) is 5.16 Å². The third-order valence-corrected chi connectivity index (χ3v) is 3.30. The quantitative estimate of drug-likeness (QED) is 0.846. The first-order chi connectivity index (χ1) is 8.26. The van der Waals surface area contributed by atoms with Crippen molar-refractivity contribution in [2.75, 3.05) is 0 Å². The molecule has 0 atom stereocenters. The molecule has 3 rings (SSSR count). The third-order valence-electron chi connectivity index (χ3n) is 3.30. The van der Waals surface area contributed by atoms with Crippen LogP contribution in [0.15, 0.2) is 23.2 Å². The monoisotopic (exact) mass is 233 g/mol. The zero-order chi connectivity index (χ0) is 11.7. The molecule has 0 aromatic carbocycles. The number of rotatable bonds is 4. The van der Waals surface area contributed by atoms with Gasteiger partial charge in [-0.3, -0.25) is 0 Å². The Balaban J connectivity index is 1.64. The molecule has 1 aliphatic carbocycles. The Kier molecular flexibility index (Phi) is 2.44. The largest absolute Gasteiger partial charge is 0.339 e. The molecule has 0 bridgehead atoms. The van der Waals surface area contributed by atoms with Gasteiger partial charge in [0.25, 0.3) is 0 Å². The first-order valence-electron chi connectivity index (χ1n) is 5.84. The van der Waals surface area contributed by atoms with Crippen LogP contribution < -0.4 is 5.73 Å². The second kappa shape index (κ2) is 3.96. The van der Waals surface area contributed by atoms with Crippen LogP contribution in [0.4, 0.5) is 0 Å². The average Bonchev–Trinajstić information content (AvgIpc) is 2.94. The zero-order valence-corrected chi connectivity index (χ0v) is 9.54. The molecule has 0 aliphatic heterocycles. The van der Waals surface area contributed by atoms with Crippen LogP contribution in [-0.2, 0) is 18.5 Å². The van der Waals surface area contributed by atoms with Gasteiger partial charge in [0.15, 0.2) is 5.82 Å². The van der Waals surface area contributed by atoms with Gasteiger partial charge in [0.05, 0.1) is 11.9 Å². The fraction of sp³-hybridized carbons (Fsp3) is 0.545. The second-order valence-corrected chi connectivity index (χ2v) is 4.57. The molecule has 90 valence electrons. The highest BCUT2D eigenvalue weighted by atomic mass is 16.5. The molecule has 0 spiro atoms. The molecule has 0 radical (unpaired) electrons. The molecule has 0 saturated heterocycles. The minimum Gasteiger partial charge on any atom is -0.339 e. The van der Waals surface area contributed by atoms with Crippen molar-refractivity contribution in [3.63, 3.8) is 0 Å². The van der Waals surface area contributed by atoms with Crippen molar-refractivity contribution in [3.8, 4) is 0 Å². The molecule has 6 heteroatoms. The van der Waals surface area contributed by atoms with Crippen LogP contribution in [0.25, 0.3) is 0 Å². The van der Waals surface area contributed by atoms with Crippen LogP contribution in [0.5, 0.6) is 0 Å². The molecule has 1 saturated carbocycles. The molecular formula is C11H15N5O. The molecule has 2 N–H and O–H groups in total. The Morgan fingerprint density at radius 3 is 3.00 bits per heavy atom. The minimum atomic E-state index is -0.337. The fourth-order valence-corrected chi connectivity index (χ4v) is 1.98. The van der Waals surface area contributed by atoms with Crippen molar-refractivity contribution in [1.82, 2.24) is 19.7 Å². The standard InChI is InChI=1S/C11H15N5O/c12-11(3-1-4-11)10-14-9(17-15-10)2-6-16-7-5-13-8-16/h5,7-8H,1-4,6,12H2. The lowest BCUT2D eigenvalue weighted by atomic mass is 9.77. The van der Waals surface area contributed by atoms with Crippen LogP contribution in [0.1, 0.15) is 31.0 Å². The maximum absolute atomic E-state index is 6.13. The lowest BCUT2D eigenvalue weighted by Crippen LogP contribution is -2.44. The fourth-order valence-electron chi connectivity index (χ4n) is 1.98. The average molecular weight is 233 g/mol. The van der Waals surface area contributed by atoms with Crippen molar-refractivity contribution >= 4 is 0 Å². The number of nitrogens with zero attached hydrogens (tertiary/aromatic N) is 4. The van der Waals surface area contributed by atoms with Gasteiger partial charge in [0, 0.05) is 25.4 Å². The van der Waals surface area contributed by atoms with Crippen LogP contribution in [0.3, 0.4) is 0 Å². The van der Waals surface area contributed by atoms with Gasteiger partial charge in [-0.2, -0.15) is 4.98 Å².